The molecule has 1 fully saturated rings. The lowest BCUT2D eigenvalue weighted by molar-refractivity contribution is -0.906. The summed E-state index contributed by atoms with van der Waals surface area (Å²) in [4.78, 5) is 25.6. The van der Waals surface area contributed by atoms with Gasteiger partial charge in [0.15, 0.2) is 6.61 Å². The molecule has 2 heterocycles. The minimum absolute atomic E-state index is 0.0816. The summed E-state index contributed by atoms with van der Waals surface area (Å²) in [5, 5.41) is 5.09. The van der Waals surface area contributed by atoms with Crippen LogP contribution in [0.25, 0.3) is 21.7 Å². The summed E-state index contributed by atoms with van der Waals surface area (Å²) in [6, 6.07) is 12.6. The van der Waals surface area contributed by atoms with Crippen LogP contribution in [0.5, 0.6) is 5.75 Å². The molecule has 0 unspecified atom stereocenters. The van der Waals surface area contributed by atoms with Gasteiger partial charge in [0.05, 0.1) is 31.7 Å². The number of amides is 1. The highest BCUT2D eigenvalue weighted by molar-refractivity contribution is 6.04. The standard InChI is InChI=1S/C21H22N2O5/c24-20(22-7-8-23-9-11-26-12-10-23)14-27-15-5-6-17-16-3-1-2-4-18(16)21(25)28-19(17)13-15/h1-6,13H,7-12,14H2,(H,22,24)/p+1. The van der Waals surface area contributed by atoms with E-state index >= 15 is 0 Å². The van der Waals surface area contributed by atoms with E-state index in [-0.39, 0.29) is 18.1 Å². The van der Waals surface area contributed by atoms with Crippen LogP contribution in [0, 0.1) is 0 Å². The van der Waals surface area contributed by atoms with Gasteiger partial charge in [0.1, 0.15) is 24.4 Å². The predicted octanol–water partition coefficient (Wildman–Crippen LogP) is 0.356. The average Bonchev–Trinajstić information content (AvgIpc) is 2.73. The highest BCUT2D eigenvalue weighted by Crippen LogP contribution is 2.26. The van der Waals surface area contributed by atoms with Crippen LogP contribution in [0.15, 0.2) is 51.7 Å². The van der Waals surface area contributed by atoms with E-state index in [4.69, 9.17) is 13.9 Å². The monoisotopic (exact) mass is 383 g/mol. The summed E-state index contributed by atoms with van der Waals surface area (Å²) < 4.78 is 16.3. The number of hydrogen-bond acceptors (Lipinski definition) is 5. The summed E-state index contributed by atoms with van der Waals surface area (Å²) in [6.45, 7) is 4.91. The number of quaternary nitrogens is 1. The average molecular weight is 383 g/mol. The maximum Gasteiger partial charge on any atom is 0.344 e. The third-order valence-corrected chi connectivity index (χ3v) is 4.96. The van der Waals surface area contributed by atoms with Gasteiger partial charge < -0.3 is 24.1 Å². The van der Waals surface area contributed by atoms with Crippen molar-refractivity contribution in [3.8, 4) is 5.75 Å². The molecule has 0 aliphatic carbocycles. The number of fused-ring (bicyclic) bond motifs is 3. The molecule has 4 rings (SSSR count). The van der Waals surface area contributed by atoms with Gasteiger partial charge >= 0.3 is 5.63 Å². The maximum atomic E-state index is 12.1. The van der Waals surface area contributed by atoms with Crippen LogP contribution in [0.2, 0.25) is 0 Å². The Kier molecular flexibility index (Phi) is 5.55. The van der Waals surface area contributed by atoms with Crippen molar-refractivity contribution in [3.05, 3.63) is 52.9 Å². The molecule has 7 heteroatoms. The van der Waals surface area contributed by atoms with Crippen LogP contribution in [-0.4, -0.2) is 51.9 Å². The summed E-state index contributed by atoms with van der Waals surface area (Å²) >= 11 is 0. The molecular weight excluding hydrogens is 360 g/mol. The third kappa shape index (κ3) is 4.16. The first-order valence-electron chi connectivity index (χ1n) is 9.47. The molecule has 1 aromatic heterocycles. The van der Waals surface area contributed by atoms with Crippen molar-refractivity contribution in [1.82, 2.24) is 5.32 Å². The third-order valence-electron chi connectivity index (χ3n) is 4.96. The molecular formula is C21H23N2O5+. The van der Waals surface area contributed by atoms with Gasteiger partial charge in [-0.05, 0) is 23.6 Å². The van der Waals surface area contributed by atoms with Crippen molar-refractivity contribution in [1.29, 1.82) is 0 Å². The lowest BCUT2D eigenvalue weighted by Crippen LogP contribution is -3.14. The van der Waals surface area contributed by atoms with Crippen molar-refractivity contribution in [3.63, 3.8) is 0 Å². The molecule has 0 radical (unpaired) electrons. The van der Waals surface area contributed by atoms with Crippen LogP contribution in [-0.2, 0) is 9.53 Å². The Bertz CT molecular complexity index is 1040. The topological polar surface area (TPSA) is 82.2 Å². The molecule has 7 nitrogen and oxygen atoms in total. The molecule has 2 N–H and O–H groups in total. The highest BCUT2D eigenvalue weighted by atomic mass is 16.5. The molecule has 1 saturated heterocycles. The van der Waals surface area contributed by atoms with Gasteiger partial charge in [-0.1, -0.05) is 18.2 Å². The number of ether oxygens (including phenoxy) is 2. The molecule has 1 aliphatic heterocycles. The zero-order valence-electron chi connectivity index (χ0n) is 15.5. The van der Waals surface area contributed by atoms with Crippen LogP contribution in [0.3, 0.4) is 0 Å². The Morgan fingerprint density at radius 2 is 1.86 bits per heavy atom. The Morgan fingerprint density at radius 1 is 1.07 bits per heavy atom. The first-order valence-corrected chi connectivity index (χ1v) is 9.47. The summed E-state index contributed by atoms with van der Waals surface area (Å²) in [5.41, 5.74) is 0.0566. The summed E-state index contributed by atoms with van der Waals surface area (Å²) in [6.07, 6.45) is 0. The van der Waals surface area contributed by atoms with E-state index in [1.165, 1.54) is 4.90 Å². The minimum atomic E-state index is -0.386. The van der Waals surface area contributed by atoms with E-state index in [1.807, 2.05) is 24.3 Å². The van der Waals surface area contributed by atoms with E-state index in [0.29, 0.717) is 23.3 Å². The van der Waals surface area contributed by atoms with Gasteiger partial charge in [-0.2, -0.15) is 0 Å². The van der Waals surface area contributed by atoms with E-state index in [9.17, 15) is 9.59 Å². The van der Waals surface area contributed by atoms with E-state index in [2.05, 4.69) is 5.32 Å². The van der Waals surface area contributed by atoms with Crippen molar-refractivity contribution in [2.45, 2.75) is 0 Å². The molecule has 2 aromatic carbocycles. The van der Waals surface area contributed by atoms with Gasteiger partial charge in [-0.25, -0.2) is 4.79 Å². The van der Waals surface area contributed by atoms with E-state index in [0.717, 1.165) is 43.6 Å². The summed E-state index contributed by atoms with van der Waals surface area (Å²) in [7, 11) is 0. The number of carbonyl (C=O) groups is 1. The van der Waals surface area contributed by atoms with Gasteiger partial charge in [0, 0.05) is 11.5 Å². The largest absolute Gasteiger partial charge is 0.484 e. The molecule has 28 heavy (non-hydrogen) atoms. The SMILES string of the molecule is O=C(COc1ccc2c(c1)oc(=O)c1ccccc12)NCC[NH+]1CCOCC1. The number of hydrogen-bond donors (Lipinski definition) is 2. The number of nitrogens with one attached hydrogen (secondary N) is 2. The molecule has 0 atom stereocenters. The maximum absolute atomic E-state index is 12.1. The number of rotatable bonds is 6. The molecule has 1 amide bonds. The zero-order valence-corrected chi connectivity index (χ0v) is 15.5. The fraction of sp³-hybridized carbons (Fsp3) is 0.333. The highest BCUT2D eigenvalue weighted by Gasteiger charge is 2.14. The number of carbonyl (C=O) groups excluding carboxylic acids is 1. The molecule has 3 aromatic rings. The molecule has 0 spiro atoms. The number of morpholine rings is 1. The second kappa shape index (κ2) is 8.41. The fourth-order valence-corrected chi connectivity index (χ4v) is 3.44. The van der Waals surface area contributed by atoms with Crippen molar-refractivity contribution < 1.29 is 23.6 Å². The predicted molar refractivity (Wildman–Crippen MR) is 105 cm³/mol. The second-order valence-corrected chi connectivity index (χ2v) is 6.84. The Labute approximate surface area is 161 Å². The normalized spacial score (nSPS) is 15.0. The lowest BCUT2D eigenvalue weighted by atomic mass is 10.1. The fourth-order valence-electron chi connectivity index (χ4n) is 3.44. The smallest absolute Gasteiger partial charge is 0.344 e. The minimum Gasteiger partial charge on any atom is -0.484 e. The van der Waals surface area contributed by atoms with Crippen LogP contribution in [0.1, 0.15) is 0 Å². The zero-order chi connectivity index (χ0) is 19.3. The van der Waals surface area contributed by atoms with E-state index < -0.39 is 0 Å². The number of benzene rings is 2. The first kappa shape index (κ1) is 18.5. The van der Waals surface area contributed by atoms with Crippen molar-refractivity contribution in [2.75, 3.05) is 46.0 Å². The first-order chi connectivity index (χ1) is 13.7. The summed E-state index contributed by atoms with van der Waals surface area (Å²) in [5.74, 6) is 0.313. The molecule has 0 saturated carbocycles. The Balaban J connectivity index is 1.36. The Morgan fingerprint density at radius 3 is 2.68 bits per heavy atom. The quantitative estimate of drug-likeness (QED) is 0.474. The van der Waals surface area contributed by atoms with Gasteiger partial charge in [-0.3, -0.25) is 4.79 Å². The van der Waals surface area contributed by atoms with Crippen LogP contribution >= 0.6 is 0 Å². The molecule has 146 valence electrons. The van der Waals surface area contributed by atoms with Gasteiger partial charge in [0.25, 0.3) is 5.91 Å². The van der Waals surface area contributed by atoms with Gasteiger partial charge in [0.2, 0.25) is 0 Å². The van der Waals surface area contributed by atoms with E-state index in [1.54, 1.807) is 18.2 Å². The van der Waals surface area contributed by atoms with Crippen molar-refractivity contribution >= 4 is 27.6 Å². The van der Waals surface area contributed by atoms with Crippen LogP contribution in [0.4, 0.5) is 0 Å². The van der Waals surface area contributed by atoms with Crippen LogP contribution < -0.4 is 20.6 Å². The Hall–Kier alpha value is -2.90. The molecule has 1 aliphatic rings. The molecule has 0 bridgehead atoms. The van der Waals surface area contributed by atoms with Crippen molar-refractivity contribution in [2.24, 2.45) is 0 Å². The second-order valence-electron chi connectivity index (χ2n) is 6.84. The van der Waals surface area contributed by atoms with Gasteiger partial charge in [-0.15, -0.1) is 0 Å². The lowest BCUT2D eigenvalue weighted by Gasteiger charge is -2.23.